The highest BCUT2D eigenvalue weighted by Crippen LogP contribution is 2.09. The molecule has 1 aliphatic heterocycles. The Morgan fingerprint density at radius 2 is 1.88 bits per heavy atom. The van der Waals surface area contributed by atoms with Gasteiger partial charge in [0.15, 0.2) is 5.96 Å². The van der Waals surface area contributed by atoms with Gasteiger partial charge in [0.1, 0.15) is 0 Å². The first-order chi connectivity index (χ1) is 10.9. The molecule has 9 heteroatoms. The van der Waals surface area contributed by atoms with Crippen molar-refractivity contribution in [3.05, 3.63) is 0 Å². The van der Waals surface area contributed by atoms with Crippen molar-refractivity contribution in [3.8, 4) is 0 Å². The molecule has 0 bridgehead atoms. The number of unbranched alkanes of at least 4 members (excludes halogenated alkanes) is 1. The molecule has 1 saturated heterocycles. The van der Waals surface area contributed by atoms with Crippen LogP contribution < -0.4 is 5.32 Å². The average Bonchev–Trinajstić information content (AvgIpc) is 2.51. The molecule has 0 atom stereocenters. The molecule has 1 fully saturated rings. The number of sulfonamides is 1. The van der Waals surface area contributed by atoms with E-state index < -0.39 is 10.0 Å². The van der Waals surface area contributed by atoms with Crippen LogP contribution in [0.2, 0.25) is 0 Å². The minimum atomic E-state index is -3.23. The fourth-order valence-corrected chi connectivity index (χ4v) is 3.69. The largest absolute Gasteiger partial charge is 0.378 e. The first-order valence-corrected chi connectivity index (χ1v) is 10.1. The Morgan fingerprint density at radius 1 is 1.25 bits per heavy atom. The lowest BCUT2D eigenvalue weighted by Gasteiger charge is -2.35. The summed E-state index contributed by atoms with van der Waals surface area (Å²) in [4.78, 5) is 6.40. The Morgan fingerprint density at radius 3 is 2.38 bits per heavy atom. The van der Waals surface area contributed by atoms with Crippen molar-refractivity contribution in [3.63, 3.8) is 0 Å². The zero-order chi connectivity index (χ0) is 17.3. The van der Waals surface area contributed by atoms with Crippen LogP contribution in [-0.2, 0) is 14.8 Å². The number of hydrogen-bond acceptors (Lipinski definition) is 4. The summed E-state index contributed by atoms with van der Waals surface area (Å²) in [6, 6.07) is 0. The number of nitrogens with one attached hydrogen (secondary N) is 1. The van der Waals surface area contributed by atoms with Crippen molar-refractivity contribution in [2.24, 2.45) is 4.99 Å². The summed E-state index contributed by atoms with van der Waals surface area (Å²) >= 11 is 0. The molecule has 0 aromatic carbocycles. The first-order valence-electron chi connectivity index (χ1n) is 8.45. The Labute approximate surface area is 164 Å². The zero-order valence-electron chi connectivity index (χ0n) is 15.3. The van der Waals surface area contributed by atoms with Gasteiger partial charge in [0.25, 0.3) is 0 Å². The first kappa shape index (κ1) is 23.9. The second kappa shape index (κ2) is 12.3. The van der Waals surface area contributed by atoms with E-state index in [4.69, 9.17) is 4.74 Å². The quantitative estimate of drug-likeness (QED) is 0.248. The van der Waals surface area contributed by atoms with Gasteiger partial charge in [-0.25, -0.2) is 8.42 Å². The smallest absolute Gasteiger partial charge is 0.216 e. The number of nitrogens with zero attached hydrogens (tertiary/aromatic N) is 3. The molecular formula is C15H33IN4O3S. The lowest BCUT2D eigenvalue weighted by Crippen LogP contribution is -2.54. The number of guanidine groups is 1. The zero-order valence-corrected chi connectivity index (χ0v) is 18.5. The summed E-state index contributed by atoms with van der Waals surface area (Å²) in [5.41, 5.74) is 0. The van der Waals surface area contributed by atoms with Gasteiger partial charge in [-0.05, 0) is 20.3 Å². The molecule has 1 N–H and O–H groups in total. The van der Waals surface area contributed by atoms with Crippen LogP contribution >= 0.6 is 24.0 Å². The van der Waals surface area contributed by atoms with Crippen LogP contribution in [0.4, 0.5) is 0 Å². The molecule has 0 radical (unpaired) electrons. The third-order valence-corrected chi connectivity index (χ3v) is 5.58. The van der Waals surface area contributed by atoms with Crippen molar-refractivity contribution >= 4 is 40.0 Å². The van der Waals surface area contributed by atoms with E-state index in [1.54, 1.807) is 11.4 Å². The number of ether oxygens (including phenoxy) is 1. The van der Waals surface area contributed by atoms with E-state index in [-0.39, 0.29) is 42.4 Å². The minimum absolute atomic E-state index is 0. The van der Waals surface area contributed by atoms with E-state index in [2.05, 4.69) is 22.1 Å². The second-order valence-electron chi connectivity index (χ2n) is 5.95. The molecule has 0 amide bonds. The molecule has 0 spiro atoms. The molecule has 1 heterocycles. The third-order valence-electron chi connectivity index (χ3n) is 3.75. The normalized spacial score (nSPS) is 17.0. The number of hydrogen-bond donors (Lipinski definition) is 1. The summed E-state index contributed by atoms with van der Waals surface area (Å²) in [5, 5.41) is 3.33. The fraction of sp³-hybridized carbons (Fsp3) is 0.933. The van der Waals surface area contributed by atoms with E-state index in [1.165, 1.54) is 0 Å². The molecule has 0 aromatic heterocycles. The SMILES string of the molecule is CCCCNC(=NC)N1CCN(S(=O)(=O)CCOC(C)C)CC1.I. The molecule has 7 nitrogen and oxygen atoms in total. The van der Waals surface area contributed by atoms with Gasteiger partial charge in [0, 0.05) is 39.8 Å². The van der Waals surface area contributed by atoms with Crippen LogP contribution in [0, 0.1) is 0 Å². The van der Waals surface area contributed by atoms with Crippen molar-refractivity contribution in [1.29, 1.82) is 0 Å². The van der Waals surface area contributed by atoms with Gasteiger partial charge in [0.05, 0.1) is 18.5 Å². The van der Waals surface area contributed by atoms with Crippen LogP contribution in [0.5, 0.6) is 0 Å². The molecule has 0 saturated carbocycles. The van der Waals surface area contributed by atoms with Gasteiger partial charge in [-0.1, -0.05) is 13.3 Å². The highest BCUT2D eigenvalue weighted by Gasteiger charge is 2.27. The number of aliphatic imine (C=N–C) groups is 1. The van der Waals surface area contributed by atoms with E-state index in [0.29, 0.717) is 26.2 Å². The average molecular weight is 476 g/mol. The topological polar surface area (TPSA) is 74.2 Å². The summed E-state index contributed by atoms with van der Waals surface area (Å²) in [7, 11) is -1.47. The van der Waals surface area contributed by atoms with Crippen molar-refractivity contribution < 1.29 is 13.2 Å². The molecule has 1 rings (SSSR count). The lowest BCUT2D eigenvalue weighted by molar-refractivity contribution is 0.0904. The number of rotatable bonds is 8. The van der Waals surface area contributed by atoms with E-state index in [0.717, 1.165) is 25.3 Å². The maximum Gasteiger partial charge on any atom is 0.216 e. The highest BCUT2D eigenvalue weighted by atomic mass is 127. The predicted molar refractivity (Wildman–Crippen MR) is 110 cm³/mol. The van der Waals surface area contributed by atoms with Gasteiger partial charge >= 0.3 is 0 Å². The maximum absolute atomic E-state index is 12.3. The standard InChI is InChI=1S/C15H32N4O3S.HI/c1-5-6-7-17-15(16-4)18-8-10-19(11-9-18)23(20,21)13-12-22-14(2)3;/h14H,5-13H2,1-4H3,(H,16,17);1H. The summed E-state index contributed by atoms with van der Waals surface area (Å²) in [6.45, 7) is 9.43. The molecule has 144 valence electrons. The Bertz CT molecular complexity index is 463. The summed E-state index contributed by atoms with van der Waals surface area (Å²) in [5.74, 6) is 0.910. The fourth-order valence-electron chi connectivity index (χ4n) is 2.41. The van der Waals surface area contributed by atoms with Crippen LogP contribution in [0.25, 0.3) is 0 Å². The Kier molecular flexibility index (Phi) is 12.2. The highest BCUT2D eigenvalue weighted by molar-refractivity contribution is 14.0. The van der Waals surface area contributed by atoms with E-state index in [1.807, 2.05) is 13.8 Å². The van der Waals surface area contributed by atoms with Gasteiger partial charge in [-0.2, -0.15) is 4.31 Å². The summed E-state index contributed by atoms with van der Waals surface area (Å²) in [6.07, 6.45) is 2.29. The third kappa shape index (κ3) is 8.30. The molecular weight excluding hydrogens is 443 g/mol. The van der Waals surface area contributed by atoms with Gasteiger partial charge < -0.3 is 15.0 Å². The van der Waals surface area contributed by atoms with E-state index >= 15 is 0 Å². The van der Waals surface area contributed by atoms with Crippen LogP contribution in [0.3, 0.4) is 0 Å². The molecule has 1 aliphatic rings. The number of halogens is 1. The number of piperazine rings is 1. The minimum Gasteiger partial charge on any atom is -0.378 e. The Hall–Kier alpha value is -0.130. The predicted octanol–water partition coefficient (Wildman–Crippen LogP) is 1.35. The maximum atomic E-state index is 12.3. The van der Waals surface area contributed by atoms with Gasteiger partial charge in [-0.3, -0.25) is 4.99 Å². The van der Waals surface area contributed by atoms with Crippen molar-refractivity contribution in [1.82, 2.24) is 14.5 Å². The molecule has 0 aliphatic carbocycles. The summed E-state index contributed by atoms with van der Waals surface area (Å²) < 4.78 is 31.5. The van der Waals surface area contributed by atoms with E-state index in [9.17, 15) is 8.42 Å². The monoisotopic (exact) mass is 476 g/mol. The Balaban J connectivity index is 0.00000529. The van der Waals surface area contributed by atoms with Gasteiger partial charge in [0.2, 0.25) is 10.0 Å². The lowest BCUT2D eigenvalue weighted by atomic mass is 10.3. The molecule has 0 unspecified atom stereocenters. The molecule has 24 heavy (non-hydrogen) atoms. The van der Waals surface area contributed by atoms with Crippen molar-refractivity contribution in [2.75, 3.05) is 52.1 Å². The second-order valence-corrected chi connectivity index (χ2v) is 8.04. The van der Waals surface area contributed by atoms with Crippen LogP contribution in [0.15, 0.2) is 4.99 Å². The van der Waals surface area contributed by atoms with Crippen molar-refractivity contribution in [2.45, 2.75) is 39.7 Å². The van der Waals surface area contributed by atoms with Crippen LogP contribution in [-0.4, -0.2) is 81.8 Å². The van der Waals surface area contributed by atoms with Gasteiger partial charge in [-0.15, -0.1) is 24.0 Å². The molecule has 0 aromatic rings. The van der Waals surface area contributed by atoms with Crippen LogP contribution in [0.1, 0.15) is 33.6 Å².